The van der Waals surface area contributed by atoms with Crippen molar-refractivity contribution in [1.29, 1.82) is 0 Å². The molecule has 3 rings (SSSR count). The van der Waals surface area contributed by atoms with E-state index in [1.165, 1.54) is 30.3 Å². The van der Waals surface area contributed by atoms with Crippen LogP contribution in [0.5, 0.6) is 11.5 Å². The molecule has 0 saturated carbocycles. The van der Waals surface area contributed by atoms with Crippen molar-refractivity contribution in [3.8, 4) is 22.8 Å². The summed E-state index contributed by atoms with van der Waals surface area (Å²) in [7, 11) is 0. The number of carbonyl (C=O) groups is 1. The predicted octanol–water partition coefficient (Wildman–Crippen LogP) is 2.80. The second-order valence-corrected chi connectivity index (χ2v) is 5.82. The molecule has 0 aliphatic heterocycles. The Kier molecular flexibility index (Phi) is 5.44. The van der Waals surface area contributed by atoms with Crippen LogP contribution in [0.3, 0.4) is 0 Å². The number of aliphatic hydroxyl groups excluding tert-OH is 2. The molecule has 6 nitrogen and oxygen atoms in total. The van der Waals surface area contributed by atoms with Gasteiger partial charge in [-0.15, -0.1) is 0 Å². The highest BCUT2D eigenvalue weighted by Gasteiger charge is 2.14. The van der Waals surface area contributed by atoms with E-state index < -0.39 is 18.6 Å². The Bertz CT molecular complexity index is 960. The highest BCUT2D eigenvalue weighted by Crippen LogP contribution is 2.28. The molecular weight excluding hydrogens is 351 g/mol. The number of nitrogens with zero attached hydrogens (tertiary/aromatic N) is 1. The fraction of sp³-hybridized carbons (Fsp3) is 0.100. The average Bonchev–Trinajstić information content (AvgIpc) is 2.69. The first-order valence-corrected chi connectivity index (χ1v) is 8.11. The Hall–Kier alpha value is -3.29. The third kappa shape index (κ3) is 4.46. The molecule has 0 aliphatic carbocycles. The highest BCUT2D eigenvalue weighted by atomic mass is 19.1. The van der Waals surface area contributed by atoms with Gasteiger partial charge >= 0.3 is 0 Å². The Morgan fingerprint density at radius 3 is 2.52 bits per heavy atom. The first-order chi connectivity index (χ1) is 13.0. The molecule has 0 radical (unpaired) electrons. The lowest BCUT2D eigenvalue weighted by molar-refractivity contribution is 0.0948. The van der Waals surface area contributed by atoms with Gasteiger partial charge in [-0.1, -0.05) is 12.1 Å². The third-order valence-corrected chi connectivity index (χ3v) is 3.84. The van der Waals surface area contributed by atoms with Crippen LogP contribution in [-0.4, -0.2) is 27.7 Å². The molecule has 1 aromatic heterocycles. The van der Waals surface area contributed by atoms with Crippen molar-refractivity contribution < 1.29 is 24.1 Å². The number of amides is 1. The molecule has 0 unspecified atom stereocenters. The lowest BCUT2D eigenvalue weighted by Gasteiger charge is -2.12. The van der Waals surface area contributed by atoms with Gasteiger partial charge in [-0.25, -0.2) is 9.37 Å². The van der Waals surface area contributed by atoms with Crippen molar-refractivity contribution in [2.24, 2.45) is 5.73 Å². The van der Waals surface area contributed by atoms with Crippen LogP contribution >= 0.6 is 0 Å². The maximum atomic E-state index is 13.0. The van der Waals surface area contributed by atoms with Crippen LogP contribution < -0.4 is 10.5 Å². The number of nitrogens with two attached hydrogens (primary N) is 1. The zero-order chi connectivity index (χ0) is 19.4. The molecule has 0 aliphatic rings. The van der Waals surface area contributed by atoms with Crippen LogP contribution in [0.4, 0.5) is 4.39 Å². The monoisotopic (exact) mass is 368 g/mol. The van der Waals surface area contributed by atoms with Gasteiger partial charge in [0.15, 0.2) is 0 Å². The molecule has 0 fully saturated rings. The summed E-state index contributed by atoms with van der Waals surface area (Å²) in [6, 6.07) is 15.4. The number of aromatic nitrogens is 1. The van der Waals surface area contributed by atoms with Crippen molar-refractivity contribution in [2.45, 2.75) is 6.10 Å². The summed E-state index contributed by atoms with van der Waals surface area (Å²) in [5.41, 5.74) is 6.61. The van der Waals surface area contributed by atoms with E-state index in [1.807, 2.05) is 0 Å². The predicted molar refractivity (Wildman–Crippen MR) is 96.7 cm³/mol. The Labute approximate surface area is 154 Å². The van der Waals surface area contributed by atoms with Gasteiger partial charge in [0.25, 0.3) is 5.91 Å². The summed E-state index contributed by atoms with van der Waals surface area (Å²) < 4.78 is 18.7. The first-order valence-electron chi connectivity index (χ1n) is 8.11. The fourth-order valence-corrected chi connectivity index (χ4v) is 2.48. The van der Waals surface area contributed by atoms with E-state index in [0.29, 0.717) is 28.3 Å². The van der Waals surface area contributed by atoms with E-state index >= 15 is 0 Å². The summed E-state index contributed by atoms with van der Waals surface area (Å²) in [6.07, 6.45) is -1.16. The number of primary amides is 1. The molecule has 7 heteroatoms. The largest absolute Gasteiger partial charge is 0.457 e. The SMILES string of the molecule is NC(=O)c1cc([C@@H](O)CO)cc(-c2cccc(Oc3ccc(F)cc3)c2)n1. The molecule has 138 valence electrons. The number of benzene rings is 2. The topological polar surface area (TPSA) is 106 Å². The smallest absolute Gasteiger partial charge is 0.267 e. The lowest BCUT2D eigenvalue weighted by Crippen LogP contribution is -2.15. The van der Waals surface area contributed by atoms with E-state index in [0.717, 1.165) is 0 Å². The molecule has 0 bridgehead atoms. The standard InChI is InChI=1S/C20H17FN2O4/c21-14-4-6-15(7-5-14)27-16-3-1-2-12(8-16)17-9-13(19(25)11-24)10-18(23-17)20(22)26/h1-10,19,24-25H,11H2,(H2,22,26)/t19-/m0/s1. The molecule has 1 heterocycles. The van der Waals surface area contributed by atoms with Gasteiger partial charge in [0.1, 0.15) is 29.1 Å². The summed E-state index contributed by atoms with van der Waals surface area (Å²) in [5, 5.41) is 19.1. The van der Waals surface area contributed by atoms with Crippen LogP contribution in [-0.2, 0) is 0 Å². The maximum Gasteiger partial charge on any atom is 0.267 e. The molecule has 27 heavy (non-hydrogen) atoms. The first kappa shape index (κ1) is 18.5. The van der Waals surface area contributed by atoms with Crippen LogP contribution in [0.2, 0.25) is 0 Å². The van der Waals surface area contributed by atoms with Crippen molar-refractivity contribution >= 4 is 5.91 Å². The minimum Gasteiger partial charge on any atom is -0.457 e. The van der Waals surface area contributed by atoms with Gasteiger partial charge in [-0.3, -0.25) is 4.79 Å². The van der Waals surface area contributed by atoms with Crippen LogP contribution in [0.25, 0.3) is 11.3 Å². The molecular formula is C20H17FN2O4. The van der Waals surface area contributed by atoms with Gasteiger partial charge < -0.3 is 20.7 Å². The zero-order valence-electron chi connectivity index (χ0n) is 14.2. The summed E-state index contributed by atoms with van der Waals surface area (Å²) in [5.74, 6) is -0.168. The van der Waals surface area contributed by atoms with Crippen molar-refractivity contribution in [3.63, 3.8) is 0 Å². The van der Waals surface area contributed by atoms with Crippen LogP contribution in [0.15, 0.2) is 60.7 Å². The molecule has 1 atom stereocenters. The summed E-state index contributed by atoms with van der Waals surface area (Å²) in [4.78, 5) is 15.8. The lowest BCUT2D eigenvalue weighted by atomic mass is 10.0. The quantitative estimate of drug-likeness (QED) is 0.620. The minimum absolute atomic E-state index is 0.0279. The number of hydrogen-bond donors (Lipinski definition) is 3. The average molecular weight is 368 g/mol. The van der Waals surface area contributed by atoms with E-state index in [4.69, 9.17) is 10.5 Å². The van der Waals surface area contributed by atoms with Gasteiger partial charge in [0.05, 0.1) is 12.3 Å². The molecule has 0 spiro atoms. The van der Waals surface area contributed by atoms with Gasteiger partial charge in [-0.05, 0) is 54.1 Å². The Morgan fingerprint density at radius 1 is 1.11 bits per heavy atom. The molecule has 2 aromatic carbocycles. The fourth-order valence-electron chi connectivity index (χ4n) is 2.48. The number of aliphatic hydroxyl groups is 2. The Balaban J connectivity index is 1.97. The second kappa shape index (κ2) is 7.94. The maximum absolute atomic E-state index is 13.0. The molecule has 3 aromatic rings. The molecule has 1 amide bonds. The van der Waals surface area contributed by atoms with E-state index in [2.05, 4.69) is 4.98 Å². The van der Waals surface area contributed by atoms with Gasteiger partial charge in [0, 0.05) is 5.56 Å². The number of rotatable bonds is 6. The number of hydrogen-bond acceptors (Lipinski definition) is 5. The minimum atomic E-state index is -1.16. The van der Waals surface area contributed by atoms with E-state index in [1.54, 1.807) is 30.3 Å². The number of ether oxygens (including phenoxy) is 1. The number of halogens is 1. The normalized spacial score (nSPS) is 11.8. The van der Waals surface area contributed by atoms with Crippen LogP contribution in [0.1, 0.15) is 22.2 Å². The van der Waals surface area contributed by atoms with Gasteiger partial charge in [0.2, 0.25) is 0 Å². The van der Waals surface area contributed by atoms with Crippen LogP contribution in [0, 0.1) is 5.82 Å². The van der Waals surface area contributed by atoms with Crippen molar-refractivity contribution in [1.82, 2.24) is 4.98 Å². The van der Waals surface area contributed by atoms with Crippen molar-refractivity contribution in [2.75, 3.05) is 6.61 Å². The third-order valence-electron chi connectivity index (χ3n) is 3.84. The summed E-state index contributed by atoms with van der Waals surface area (Å²) >= 11 is 0. The molecule has 4 N–H and O–H groups in total. The molecule has 0 saturated heterocycles. The van der Waals surface area contributed by atoms with E-state index in [9.17, 15) is 19.4 Å². The zero-order valence-corrected chi connectivity index (χ0v) is 14.2. The highest BCUT2D eigenvalue weighted by molar-refractivity contribution is 5.91. The van der Waals surface area contributed by atoms with Gasteiger partial charge in [-0.2, -0.15) is 0 Å². The number of carbonyl (C=O) groups excluding carboxylic acids is 1. The van der Waals surface area contributed by atoms with Crippen molar-refractivity contribution in [3.05, 3.63) is 77.7 Å². The summed E-state index contributed by atoms with van der Waals surface area (Å²) in [6.45, 7) is -0.505. The van der Waals surface area contributed by atoms with E-state index in [-0.39, 0.29) is 11.5 Å². The number of pyridine rings is 1. The Morgan fingerprint density at radius 2 is 1.85 bits per heavy atom. The second-order valence-electron chi connectivity index (χ2n) is 5.82.